The van der Waals surface area contributed by atoms with Crippen molar-refractivity contribution in [2.45, 2.75) is 20.0 Å². The van der Waals surface area contributed by atoms with Crippen LogP contribution in [0.1, 0.15) is 24.2 Å². The van der Waals surface area contributed by atoms with Gasteiger partial charge in [-0.05, 0) is 26.0 Å². The van der Waals surface area contributed by atoms with Gasteiger partial charge >= 0.3 is 0 Å². The van der Waals surface area contributed by atoms with Crippen LogP contribution in [0.5, 0.6) is 5.75 Å². The number of anilines is 1. The Morgan fingerprint density at radius 1 is 1.32 bits per heavy atom. The molecule has 0 heterocycles. The summed E-state index contributed by atoms with van der Waals surface area (Å²) in [7, 11) is 0. The molecule has 0 atom stereocenters. The zero-order chi connectivity index (χ0) is 18.6. The van der Waals surface area contributed by atoms with Crippen LogP contribution in [0.25, 0.3) is 0 Å². The molecule has 1 N–H and O–H groups in total. The van der Waals surface area contributed by atoms with Gasteiger partial charge in [-0.25, -0.2) is 4.39 Å². The summed E-state index contributed by atoms with van der Waals surface area (Å²) in [6.07, 6.45) is -0.272. The third-order valence-corrected chi connectivity index (χ3v) is 3.24. The molecule has 0 aliphatic carbocycles. The lowest BCUT2D eigenvalue weighted by Crippen LogP contribution is -2.15. The first kappa shape index (κ1) is 18.6. The molecule has 0 aliphatic heterocycles. The lowest BCUT2D eigenvalue weighted by molar-refractivity contribution is -0.385. The lowest BCUT2D eigenvalue weighted by atomic mass is 10.1. The lowest BCUT2D eigenvalue weighted by Gasteiger charge is -2.12. The summed E-state index contributed by atoms with van der Waals surface area (Å²) in [5.41, 5.74) is -0.855. The number of nitrogens with zero attached hydrogens (tertiary/aromatic N) is 1. The Morgan fingerprint density at radius 3 is 2.64 bits per heavy atom. The van der Waals surface area contributed by atoms with Crippen LogP contribution in [0.2, 0.25) is 5.02 Å². The van der Waals surface area contributed by atoms with Crippen molar-refractivity contribution in [3.05, 3.63) is 62.9 Å². The third-order valence-electron chi connectivity index (χ3n) is 2.95. The van der Waals surface area contributed by atoms with E-state index in [4.69, 9.17) is 21.4 Å². The van der Waals surface area contributed by atoms with Crippen LogP contribution >= 0.6 is 11.6 Å². The molecule has 0 saturated heterocycles. The first-order valence-corrected chi connectivity index (χ1v) is 7.54. The monoisotopic (exact) mass is 368 g/mol. The molecule has 2 rings (SSSR count). The number of rotatable bonds is 6. The van der Waals surface area contributed by atoms with Crippen molar-refractivity contribution in [1.82, 2.24) is 0 Å². The van der Waals surface area contributed by atoms with Crippen molar-refractivity contribution in [3.63, 3.8) is 0 Å². The molecule has 0 spiro atoms. The van der Waals surface area contributed by atoms with Crippen LogP contribution < -0.4 is 10.2 Å². The average molecular weight is 369 g/mol. The molecule has 0 saturated carbocycles. The predicted octanol–water partition coefficient (Wildman–Crippen LogP) is 4.36. The molecular weight excluding hydrogens is 355 g/mol. The fourth-order valence-corrected chi connectivity index (χ4v) is 2.03. The van der Waals surface area contributed by atoms with Gasteiger partial charge in [0.15, 0.2) is 5.75 Å². The summed E-state index contributed by atoms with van der Waals surface area (Å²) in [5.74, 6) is -1.67. The second kappa shape index (κ2) is 7.91. The van der Waals surface area contributed by atoms with Gasteiger partial charge in [0.1, 0.15) is 11.4 Å². The normalized spacial score (nSPS) is 10.6. The standard InChI is InChI=1S/C16H14ClFN2O5/c1-9(2)24-25-15-8-13(12(18)7-11(15)17)19-16(21)10-5-3-4-6-14(10)20(22)23/h3-9H,1-2H3,(H,19,21). The van der Waals surface area contributed by atoms with Crippen LogP contribution in [-0.4, -0.2) is 16.9 Å². The highest BCUT2D eigenvalue weighted by molar-refractivity contribution is 6.32. The fourth-order valence-electron chi connectivity index (χ4n) is 1.85. The highest BCUT2D eigenvalue weighted by Gasteiger charge is 2.21. The SMILES string of the molecule is CC(C)OOc1cc(NC(=O)c2ccccc2[N+](=O)[O-])c(F)cc1Cl. The van der Waals surface area contributed by atoms with Crippen molar-refractivity contribution in [1.29, 1.82) is 0 Å². The summed E-state index contributed by atoms with van der Waals surface area (Å²) >= 11 is 5.86. The maximum absolute atomic E-state index is 14.0. The van der Waals surface area contributed by atoms with Crippen LogP contribution in [0, 0.1) is 15.9 Å². The van der Waals surface area contributed by atoms with E-state index in [1.165, 1.54) is 24.3 Å². The van der Waals surface area contributed by atoms with Gasteiger partial charge < -0.3 is 10.2 Å². The summed E-state index contributed by atoms with van der Waals surface area (Å²) in [6.45, 7) is 3.43. The molecule has 132 valence electrons. The summed E-state index contributed by atoms with van der Waals surface area (Å²) in [6, 6.07) is 7.40. The molecule has 0 unspecified atom stereocenters. The van der Waals surface area contributed by atoms with E-state index < -0.39 is 22.3 Å². The van der Waals surface area contributed by atoms with E-state index in [9.17, 15) is 19.3 Å². The molecule has 2 aromatic carbocycles. The highest BCUT2D eigenvalue weighted by Crippen LogP contribution is 2.31. The molecule has 7 nitrogen and oxygen atoms in total. The van der Waals surface area contributed by atoms with E-state index in [-0.39, 0.29) is 28.1 Å². The number of benzene rings is 2. The van der Waals surface area contributed by atoms with Gasteiger partial charge in [-0.15, -0.1) is 0 Å². The zero-order valence-corrected chi connectivity index (χ0v) is 14.0. The molecular formula is C16H14ClFN2O5. The molecule has 0 aliphatic rings. The number of hydrogen-bond donors (Lipinski definition) is 1. The minimum Gasteiger partial charge on any atom is -0.336 e. The molecule has 9 heteroatoms. The number of amides is 1. The number of nitrogens with one attached hydrogen (secondary N) is 1. The number of carbonyl (C=O) groups is 1. The van der Waals surface area contributed by atoms with Crippen molar-refractivity contribution in [2.75, 3.05) is 5.32 Å². The summed E-state index contributed by atoms with van der Waals surface area (Å²) < 4.78 is 14.0. The molecule has 0 aromatic heterocycles. The van der Waals surface area contributed by atoms with Crippen LogP contribution in [0.3, 0.4) is 0 Å². The maximum atomic E-state index is 14.0. The smallest absolute Gasteiger partial charge is 0.282 e. The fraction of sp³-hybridized carbons (Fsp3) is 0.188. The Balaban J connectivity index is 2.29. The van der Waals surface area contributed by atoms with Crippen molar-refractivity contribution in [3.8, 4) is 5.75 Å². The van der Waals surface area contributed by atoms with Gasteiger partial charge in [-0.1, -0.05) is 23.7 Å². The van der Waals surface area contributed by atoms with Crippen LogP contribution in [-0.2, 0) is 4.89 Å². The van der Waals surface area contributed by atoms with Crippen molar-refractivity contribution in [2.24, 2.45) is 0 Å². The third kappa shape index (κ3) is 4.65. The average Bonchev–Trinajstić information content (AvgIpc) is 2.55. The van der Waals surface area contributed by atoms with Gasteiger partial charge in [-0.2, -0.15) is 4.89 Å². The van der Waals surface area contributed by atoms with E-state index in [1.54, 1.807) is 13.8 Å². The van der Waals surface area contributed by atoms with Crippen molar-refractivity contribution >= 4 is 28.9 Å². The molecule has 1 amide bonds. The first-order chi connectivity index (χ1) is 11.8. The molecule has 0 bridgehead atoms. The summed E-state index contributed by atoms with van der Waals surface area (Å²) in [4.78, 5) is 32.5. The Labute approximate surface area is 147 Å². The topological polar surface area (TPSA) is 90.7 Å². The molecule has 0 radical (unpaired) electrons. The van der Waals surface area contributed by atoms with E-state index in [1.807, 2.05) is 0 Å². The van der Waals surface area contributed by atoms with E-state index >= 15 is 0 Å². The second-order valence-electron chi connectivity index (χ2n) is 5.22. The Bertz CT molecular complexity index is 813. The Kier molecular flexibility index (Phi) is 5.89. The zero-order valence-electron chi connectivity index (χ0n) is 13.3. The maximum Gasteiger partial charge on any atom is 0.282 e. The number of para-hydroxylation sites is 1. The van der Waals surface area contributed by atoms with Gasteiger partial charge in [0.2, 0.25) is 0 Å². The van der Waals surface area contributed by atoms with Gasteiger partial charge in [0.05, 0.1) is 21.7 Å². The Morgan fingerprint density at radius 2 is 2.00 bits per heavy atom. The Hall–Kier alpha value is -2.71. The number of hydrogen-bond acceptors (Lipinski definition) is 5. The molecule has 25 heavy (non-hydrogen) atoms. The van der Waals surface area contributed by atoms with Crippen molar-refractivity contribution < 1.29 is 23.9 Å². The molecule has 2 aromatic rings. The number of carbonyl (C=O) groups excluding carboxylic acids is 1. The van der Waals surface area contributed by atoms with Crippen LogP contribution in [0.4, 0.5) is 15.8 Å². The van der Waals surface area contributed by atoms with Crippen LogP contribution in [0.15, 0.2) is 36.4 Å². The number of nitro groups is 1. The minimum atomic E-state index is -0.843. The molecule has 0 fully saturated rings. The predicted molar refractivity (Wildman–Crippen MR) is 89.3 cm³/mol. The number of halogens is 2. The van der Waals surface area contributed by atoms with Gasteiger partial charge in [0, 0.05) is 12.1 Å². The van der Waals surface area contributed by atoms with E-state index in [0.717, 1.165) is 12.1 Å². The first-order valence-electron chi connectivity index (χ1n) is 7.16. The largest absolute Gasteiger partial charge is 0.336 e. The quantitative estimate of drug-likeness (QED) is 0.464. The minimum absolute atomic E-state index is 0.00497. The van der Waals surface area contributed by atoms with Gasteiger partial charge in [0.25, 0.3) is 11.6 Å². The highest BCUT2D eigenvalue weighted by atomic mass is 35.5. The summed E-state index contributed by atoms with van der Waals surface area (Å²) in [5, 5.41) is 13.2. The second-order valence-corrected chi connectivity index (χ2v) is 5.63. The number of nitro benzene ring substituents is 1. The van der Waals surface area contributed by atoms with E-state index in [0.29, 0.717) is 0 Å². The van der Waals surface area contributed by atoms with Gasteiger partial charge in [-0.3, -0.25) is 14.9 Å². The van der Waals surface area contributed by atoms with E-state index in [2.05, 4.69) is 5.32 Å².